The molecule has 4 nitrogen and oxygen atoms in total. The van der Waals surface area contributed by atoms with Crippen LogP contribution in [0.3, 0.4) is 0 Å². The number of nitriles is 1. The zero-order valence-corrected chi connectivity index (χ0v) is 12.0. The first-order valence-corrected chi connectivity index (χ1v) is 6.83. The van der Waals surface area contributed by atoms with Gasteiger partial charge in [0, 0.05) is 5.39 Å². The zero-order valence-electron chi connectivity index (χ0n) is 12.0. The van der Waals surface area contributed by atoms with Crippen LogP contribution in [0.2, 0.25) is 0 Å². The number of benzene rings is 2. The molecule has 0 aliphatic rings. The second kappa shape index (κ2) is 5.74. The first-order valence-electron chi connectivity index (χ1n) is 6.83. The van der Waals surface area contributed by atoms with Crippen LogP contribution in [0, 0.1) is 18.3 Å². The third kappa shape index (κ3) is 2.45. The minimum absolute atomic E-state index is 0.0210. The Kier molecular flexibility index (Phi) is 3.63. The lowest BCUT2D eigenvalue weighted by Gasteiger charge is -2.09. The highest BCUT2D eigenvalue weighted by atomic mass is 16.5. The number of ether oxygens (including phenoxy) is 1. The maximum absolute atomic E-state index is 12.3. The maximum Gasteiger partial charge on any atom is 0.344 e. The van der Waals surface area contributed by atoms with Gasteiger partial charge in [-0.2, -0.15) is 5.26 Å². The van der Waals surface area contributed by atoms with Crippen molar-refractivity contribution in [2.24, 2.45) is 0 Å². The van der Waals surface area contributed by atoms with Gasteiger partial charge >= 0.3 is 5.63 Å². The van der Waals surface area contributed by atoms with Crippen molar-refractivity contribution in [3.8, 4) is 22.9 Å². The minimum atomic E-state index is -0.359. The van der Waals surface area contributed by atoms with Gasteiger partial charge in [-0.05, 0) is 36.2 Å². The Morgan fingerprint density at radius 3 is 2.68 bits per heavy atom. The summed E-state index contributed by atoms with van der Waals surface area (Å²) in [6.45, 7) is 1.86. The molecule has 0 N–H and O–H groups in total. The van der Waals surface area contributed by atoms with Gasteiger partial charge in [-0.1, -0.05) is 30.3 Å². The molecule has 3 rings (SSSR count). The van der Waals surface area contributed by atoms with E-state index >= 15 is 0 Å². The van der Waals surface area contributed by atoms with Crippen molar-refractivity contribution in [1.82, 2.24) is 0 Å². The van der Waals surface area contributed by atoms with Gasteiger partial charge in [0.2, 0.25) is 0 Å². The Morgan fingerprint density at radius 2 is 1.95 bits per heavy atom. The summed E-state index contributed by atoms with van der Waals surface area (Å²) in [6, 6.07) is 16.5. The van der Waals surface area contributed by atoms with Gasteiger partial charge < -0.3 is 9.15 Å². The van der Waals surface area contributed by atoms with Crippen molar-refractivity contribution >= 4 is 11.0 Å². The van der Waals surface area contributed by atoms with Gasteiger partial charge in [0.15, 0.2) is 6.61 Å². The molecule has 0 aliphatic carbocycles. The summed E-state index contributed by atoms with van der Waals surface area (Å²) in [5.41, 5.74) is 2.35. The Labute approximate surface area is 127 Å². The van der Waals surface area contributed by atoms with Gasteiger partial charge in [0.1, 0.15) is 17.4 Å². The summed E-state index contributed by atoms with van der Waals surface area (Å²) in [4.78, 5) is 12.3. The van der Waals surface area contributed by atoms with E-state index in [1.165, 1.54) is 0 Å². The molecule has 1 heterocycles. The molecule has 0 saturated heterocycles. The molecule has 0 aliphatic heterocycles. The summed E-state index contributed by atoms with van der Waals surface area (Å²) in [7, 11) is 0. The third-order valence-corrected chi connectivity index (χ3v) is 3.50. The summed E-state index contributed by atoms with van der Waals surface area (Å²) in [5.74, 6) is 0.574. The molecule has 3 aromatic rings. The largest absolute Gasteiger partial charge is 0.479 e. The fourth-order valence-corrected chi connectivity index (χ4v) is 2.47. The summed E-state index contributed by atoms with van der Waals surface area (Å²) < 4.78 is 10.7. The van der Waals surface area contributed by atoms with Crippen molar-refractivity contribution in [3.63, 3.8) is 0 Å². The number of hydrogen-bond acceptors (Lipinski definition) is 4. The molecule has 0 spiro atoms. The molecule has 1 aromatic heterocycles. The van der Waals surface area contributed by atoms with Crippen molar-refractivity contribution in [2.75, 3.05) is 6.61 Å². The minimum Gasteiger partial charge on any atom is -0.479 e. The first kappa shape index (κ1) is 13.9. The molecule has 0 saturated carbocycles. The number of nitrogens with zero attached hydrogens (tertiary/aromatic N) is 1. The predicted octanol–water partition coefficient (Wildman–Crippen LogP) is 3.67. The fraction of sp³-hybridized carbons (Fsp3) is 0.111. The van der Waals surface area contributed by atoms with Gasteiger partial charge in [-0.25, -0.2) is 4.79 Å². The van der Waals surface area contributed by atoms with Crippen LogP contribution in [0.4, 0.5) is 0 Å². The van der Waals surface area contributed by atoms with Gasteiger partial charge in [-0.3, -0.25) is 0 Å². The average Bonchev–Trinajstić information content (AvgIpc) is 2.54. The molecule has 0 amide bonds. The Balaban J connectivity index is 2.22. The van der Waals surface area contributed by atoms with Crippen molar-refractivity contribution in [3.05, 3.63) is 64.5 Å². The quantitative estimate of drug-likeness (QED) is 0.691. The zero-order chi connectivity index (χ0) is 15.5. The normalized spacial score (nSPS) is 10.4. The number of rotatable bonds is 3. The van der Waals surface area contributed by atoms with E-state index in [0.29, 0.717) is 16.9 Å². The maximum atomic E-state index is 12.3. The van der Waals surface area contributed by atoms with E-state index in [1.54, 1.807) is 18.2 Å². The van der Waals surface area contributed by atoms with E-state index in [0.717, 1.165) is 16.5 Å². The van der Waals surface area contributed by atoms with Gasteiger partial charge in [-0.15, -0.1) is 0 Å². The highest BCUT2D eigenvalue weighted by Gasteiger charge is 2.13. The van der Waals surface area contributed by atoms with Crippen molar-refractivity contribution < 1.29 is 9.15 Å². The van der Waals surface area contributed by atoms with Gasteiger partial charge in [0.25, 0.3) is 0 Å². The SMILES string of the molecule is Cc1c(-c2ccccc2)c(=O)oc2ccc(OCC#N)cc12. The predicted molar refractivity (Wildman–Crippen MR) is 83.8 cm³/mol. The Hall–Kier alpha value is -3.06. The van der Waals surface area contributed by atoms with Crippen LogP contribution in [-0.2, 0) is 0 Å². The van der Waals surface area contributed by atoms with Crippen LogP contribution in [0.1, 0.15) is 5.56 Å². The standard InChI is InChI=1S/C18H13NO3/c1-12-15-11-14(21-10-9-19)7-8-16(15)22-18(20)17(12)13-5-3-2-4-6-13/h2-8,11H,10H2,1H3. The lowest BCUT2D eigenvalue weighted by atomic mass is 9.99. The lowest BCUT2D eigenvalue weighted by Crippen LogP contribution is -2.06. The molecular weight excluding hydrogens is 278 g/mol. The van der Waals surface area contributed by atoms with E-state index < -0.39 is 0 Å². The van der Waals surface area contributed by atoms with Crippen LogP contribution in [0.25, 0.3) is 22.1 Å². The van der Waals surface area contributed by atoms with E-state index in [4.69, 9.17) is 14.4 Å². The molecule has 0 bridgehead atoms. The second-order valence-corrected chi connectivity index (χ2v) is 4.86. The van der Waals surface area contributed by atoms with E-state index in [-0.39, 0.29) is 12.2 Å². The summed E-state index contributed by atoms with van der Waals surface area (Å²) >= 11 is 0. The third-order valence-electron chi connectivity index (χ3n) is 3.50. The molecule has 2 aromatic carbocycles. The number of fused-ring (bicyclic) bond motifs is 1. The molecule has 0 radical (unpaired) electrons. The Bertz CT molecular complexity index is 921. The van der Waals surface area contributed by atoms with E-state index in [1.807, 2.05) is 43.3 Å². The summed E-state index contributed by atoms with van der Waals surface area (Å²) in [6.07, 6.45) is 0. The highest BCUT2D eigenvalue weighted by Crippen LogP contribution is 2.29. The van der Waals surface area contributed by atoms with Gasteiger partial charge in [0.05, 0.1) is 5.56 Å². The van der Waals surface area contributed by atoms with Crippen LogP contribution in [-0.4, -0.2) is 6.61 Å². The van der Waals surface area contributed by atoms with Crippen LogP contribution in [0.5, 0.6) is 5.75 Å². The van der Waals surface area contributed by atoms with Crippen molar-refractivity contribution in [2.45, 2.75) is 6.92 Å². The molecule has 22 heavy (non-hydrogen) atoms. The Morgan fingerprint density at radius 1 is 1.18 bits per heavy atom. The molecule has 0 fully saturated rings. The van der Waals surface area contributed by atoms with Crippen molar-refractivity contribution in [1.29, 1.82) is 5.26 Å². The fourth-order valence-electron chi connectivity index (χ4n) is 2.47. The number of aryl methyl sites for hydroxylation is 1. The molecular formula is C18H13NO3. The second-order valence-electron chi connectivity index (χ2n) is 4.86. The highest BCUT2D eigenvalue weighted by molar-refractivity contribution is 5.87. The molecule has 0 unspecified atom stereocenters. The lowest BCUT2D eigenvalue weighted by molar-refractivity contribution is 0.368. The molecule has 4 heteroatoms. The van der Waals surface area contributed by atoms with E-state index in [2.05, 4.69) is 0 Å². The average molecular weight is 291 g/mol. The first-order chi connectivity index (χ1) is 10.7. The van der Waals surface area contributed by atoms with Crippen LogP contribution in [0.15, 0.2) is 57.7 Å². The summed E-state index contributed by atoms with van der Waals surface area (Å²) in [5, 5.41) is 9.39. The van der Waals surface area contributed by atoms with Crippen LogP contribution >= 0.6 is 0 Å². The number of hydrogen-bond donors (Lipinski definition) is 0. The van der Waals surface area contributed by atoms with Crippen LogP contribution < -0.4 is 10.4 Å². The molecule has 0 atom stereocenters. The molecule has 108 valence electrons. The topological polar surface area (TPSA) is 63.2 Å². The monoisotopic (exact) mass is 291 g/mol. The smallest absolute Gasteiger partial charge is 0.344 e. The van der Waals surface area contributed by atoms with E-state index in [9.17, 15) is 4.79 Å².